The zero-order chi connectivity index (χ0) is 5.86. The van der Waals surface area contributed by atoms with Gasteiger partial charge in [0.25, 0.3) is 0 Å². The van der Waals surface area contributed by atoms with Gasteiger partial charge in [0.1, 0.15) is 0 Å². The summed E-state index contributed by atoms with van der Waals surface area (Å²) in [4.78, 5) is 0. The van der Waals surface area contributed by atoms with Crippen molar-refractivity contribution in [2.45, 2.75) is 0 Å². The third-order valence-electron chi connectivity index (χ3n) is 0.252. The smallest absolute Gasteiger partial charge is 0.302 e. The summed E-state index contributed by atoms with van der Waals surface area (Å²) in [5.41, 5.74) is 0. The molecule has 0 aromatic heterocycles. The minimum atomic E-state index is -1.74. The average molecular weight is 215 g/mol. The summed E-state index contributed by atoms with van der Waals surface area (Å²) in [6, 6.07) is 0. The van der Waals surface area contributed by atoms with Crippen LogP contribution in [0.15, 0.2) is 0 Å². The van der Waals surface area contributed by atoms with Crippen LogP contribution in [0.25, 0.3) is 0 Å². The maximum Gasteiger partial charge on any atom is 0.302 e. The quantitative estimate of drug-likeness (QED) is 0.534. The van der Waals surface area contributed by atoms with E-state index in [0.717, 1.165) is 0 Å². The van der Waals surface area contributed by atoms with E-state index in [0.29, 0.717) is 0 Å². The van der Waals surface area contributed by atoms with Crippen LogP contribution in [0.2, 0.25) is 0 Å². The van der Waals surface area contributed by atoms with Gasteiger partial charge in [-0.15, -0.1) is 44.3 Å². The van der Waals surface area contributed by atoms with Gasteiger partial charge in [-0.05, 0) is 0 Å². The Balaban J connectivity index is 2.95. The summed E-state index contributed by atoms with van der Waals surface area (Å²) in [6.45, 7) is 0. The molecule has 0 radical (unpaired) electrons. The van der Waals surface area contributed by atoms with Crippen LogP contribution in [0.5, 0.6) is 0 Å². The molecule has 0 atom stereocenters. The molecule has 0 aliphatic carbocycles. The van der Waals surface area contributed by atoms with Crippen LogP contribution in [-0.2, 0) is 0 Å². The molecular formula is H3Cl4NSi2. The molecule has 0 aliphatic heterocycles. The van der Waals surface area contributed by atoms with Crippen LogP contribution in [0.3, 0.4) is 0 Å². The van der Waals surface area contributed by atoms with Crippen molar-refractivity contribution < 1.29 is 0 Å². The van der Waals surface area contributed by atoms with E-state index in [4.69, 9.17) is 44.3 Å². The van der Waals surface area contributed by atoms with E-state index in [1.54, 1.807) is 0 Å². The zero-order valence-electron chi connectivity index (χ0n) is 3.17. The van der Waals surface area contributed by atoms with Gasteiger partial charge in [-0.25, -0.2) is 0 Å². The SMILES string of the molecule is Cl[SiH](Cl)N[SiH](Cl)Cl. The molecule has 0 amide bonds. The first-order valence-electron chi connectivity index (χ1n) is 1.45. The molecule has 0 saturated heterocycles. The highest BCUT2D eigenvalue weighted by molar-refractivity contribution is 7.42. The van der Waals surface area contributed by atoms with Gasteiger partial charge >= 0.3 is 15.2 Å². The fourth-order valence-electron chi connectivity index (χ4n) is 0.0952. The van der Waals surface area contributed by atoms with E-state index < -0.39 is 15.2 Å². The van der Waals surface area contributed by atoms with Crippen LogP contribution in [0.4, 0.5) is 0 Å². The van der Waals surface area contributed by atoms with E-state index in [-0.39, 0.29) is 0 Å². The summed E-state index contributed by atoms with van der Waals surface area (Å²) >= 11 is 21.3. The van der Waals surface area contributed by atoms with Gasteiger partial charge in [0.15, 0.2) is 0 Å². The van der Waals surface area contributed by atoms with E-state index in [9.17, 15) is 0 Å². The molecule has 0 saturated carbocycles. The van der Waals surface area contributed by atoms with Crippen LogP contribution in [0, 0.1) is 0 Å². The molecule has 0 heterocycles. The normalized spacial score (nSPS) is 11.1. The van der Waals surface area contributed by atoms with Crippen molar-refractivity contribution in [2.24, 2.45) is 0 Å². The summed E-state index contributed by atoms with van der Waals surface area (Å²) in [6.07, 6.45) is 0. The monoisotopic (exact) mass is 213 g/mol. The van der Waals surface area contributed by atoms with Crippen LogP contribution in [0.1, 0.15) is 0 Å². The van der Waals surface area contributed by atoms with Gasteiger partial charge in [0.05, 0.1) is 0 Å². The highest BCUT2D eigenvalue weighted by Gasteiger charge is 2.06. The molecule has 1 N–H and O–H groups in total. The molecule has 7 heteroatoms. The van der Waals surface area contributed by atoms with Crippen molar-refractivity contribution in [1.29, 1.82) is 0 Å². The second-order valence-electron chi connectivity index (χ2n) is 0.768. The highest BCUT2D eigenvalue weighted by Crippen LogP contribution is 1.96. The average Bonchev–Trinajstić information content (AvgIpc) is 1.27. The predicted molar refractivity (Wildman–Crippen MR) is 40.8 cm³/mol. The van der Waals surface area contributed by atoms with Crippen molar-refractivity contribution in [3.05, 3.63) is 0 Å². The van der Waals surface area contributed by atoms with Crippen LogP contribution >= 0.6 is 44.3 Å². The predicted octanol–water partition coefficient (Wildman–Crippen LogP) is 0.966. The molecule has 0 unspecified atom stereocenters. The molecule has 7 heavy (non-hydrogen) atoms. The van der Waals surface area contributed by atoms with Gasteiger partial charge in [-0.3, -0.25) is 0 Å². The summed E-state index contributed by atoms with van der Waals surface area (Å²) in [5.74, 6) is 0. The van der Waals surface area contributed by atoms with E-state index in [2.05, 4.69) is 4.65 Å². The third kappa shape index (κ3) is 7.55. The maximum atomic E-state index is 5.33. The van der Waals surface area contributed by atoms with E-state index >= 15 is 0 Å². The Morgan fingerprint density at radius 1 is 0.857 bits per heavy atom. The van der Waals surface area contributed by atoms with Crippen LogP contribution in [-0.4, -0.2) is 15.2 Å². The third-order valence-corrected chi connectivity index (χ3v) is 6.80. The number of rotatable bonds is 2. The van der Waals surface area contributed by atoms with Gasteiger partial charge in [-0.1, -0.05) is 0 Å². The second kappa shape index (κ2) is 4.43. The zero-order valence-corrected chi connectivity index (χ0v) is 8.50. The number of nitrogens with one attached hydrogen (secondary N) is 1. The molecule has 0 rings (SSSR count). The van der Waals surface area contributed by atoms with Crippen molar-refractivity contribution in [1.82, 2.24) is 4.65 Å². The topological polar surface area (TPSA) is 12.0 Å². The first-order valence-corrected chi connectivity index (χ1v) is 9.59. The number of hydrogen-bond donors (Lipinski definition) is 1. The lowest BCUT2D eigenvalue weighted by Gasteiger charge is -1.98. The Morgan fingerprint density at radius 3 is 1.14 bits per heavy atom. The largest absolute Gasteiger partial charge is 0.316 e. The van der Waals surface area contributed by atoms with Gasteiger partial charge in [0, 0.05) is 0 Å². The van der Waals surface area contributed by atoms with Gasteiger partial charge in [-0.2, -0.15) is 0 Å². The molecule has 1 nitrogen and oxygen atoms in total. The Labute approximate surface area is 64.1 Å². The molecule has 0 bridgehead atoms. The minimum absolute atomic E-state index is 1.74. The maximum absolute atomic E-state index is 5.33. The van der Waals surface area contributed by atoms with E-state index in [1.807, 2.05) is 0 Å². The lowest BCUT2D eigenvalue weighted by molar-refractivity contribution is 1.63. The number of halogens is 4. The molecule has 44 valence electrons. The van der Waals surface area contributed by atoms with Crippen molar-refractivity contribution >= 4 is 59.5 Å². The van der Waals surface area contributed by atoms with Gasteiger partial charge in [0.2, 0.25) is 0 Å². The van der Waals surface area contributed by atoms with Crippen LogP contribution < -0.4 is 4.65 Å². The molecule has 0 aromatic carbocycles. The Hall–Kier alpha value is 1.55. The second-order valence-corrected chi connectivity index (χ2v) is 9.88. The minimum Gasteiger partial charge on any atom is -0.316 e. The molecule has 0 spiro atoms. The van der Waals surface area contributed by atoms with Crippen molar-refractivity contribution in [2.75, 3.05) is 0 Å². The molecule has 0 fully saturated rings. The van der Waals surface area contributed by atoms with Crippen molar-refractivity contribution in [3.8, 4) is 0 Å². The van der Waals surface area contributed by atoms with Crippen molar-refractivity contribution in [3.63, 3.8) is 0 Å². The summed E-state index contributed by atoms with van der Waals surface area (Å²) in [5, 5.41) is 0. The van der Waals surface area contributed by atoms with Gasteiger partial charge < -0.3 is 4.65 Å². The Bertz CT molecular complexity index is 39.0. The fraction of sp³-hybridized carbons (Fsp3) is 0. The number of hydrogen-bond acceptors (Lipinski definition) is 1. The fourth-order valence-corrected chi connectivity index (χ4v) is 7.71. The molecule has 0 aromatic rings. The molecule has 0 aliphatic rings. The van der Waals surface area contributed by atoms with E-state index in [1.165, 1.54) is 0 Å². The Kier molecular flexibility index (Phi) is 5.42. The summed E-state index contributed by atoms with van der Waals surface area (Å²) < 4.78 is 2.65. The summed E-state index contributed by atoms with van der Waals surface area (Å²) in [7, 11) is -3.47. The first kappa shape index (κ1) is 8.55. The Morgan fingerprint density at radius 2 is 1.14 bits per heavy atom. The standard InChI is InChI=1S/Cl4H3NSi2/c1-6(2)5-7(3)4/h5-7H. The first-order chi connectivity index (χ1) is 3.13. The molecular weight excluding hydrogens is 212 g/mol. The highest BCUT2D eigenvalue weighted by atomic mass is 35.7. The lowest BCUT2D eigenvalue weighted by Crippen LogP contribution is -2.30. The lowest BCUT2D eigenvalue weighted by atomic mass is 13.9.